The summed E-state index contributed by atoms with van der Waals surface area (Å²) in [5.74, 6) is 0.0468. The van der Waals surface area contributed by atoms with E-state index in [0.717, 1.165) is 54.6 Å². The summed E-state index contributed by atoms with van der Waals surface area (Å²) in [4.78, 5) is 31.1. The summed E-state index contributed by atoms with van der Waals surface area (Å²) in [5, 5.41) is 17.6. The monoisotopic (exact) mass is 510 g/mol. The van der Waals surface area contributed by atoms with Gasteiger partial charge in [-0.1, -0.05) is 30.8 Å². The van der Waals surface area contributed by atoms with E-state index in [4.69, 9.17) is 5.73 Å². The third kappa shape index (κ3) is 4.64. The smallest absolute Gasteiger partial charge is 0.253 e. The molecule has 1 aliphatic heterocycles. The number of carbonyl (C=O) groups is 2. The largest absolute Gasteiger partial charge is 0.390 e. The predicted octanol–water partition coefficient (Wildman–Crippen LogP) is 4.28. The molecule has 194 valence electrons. The van der Waals surface area contributed by atoms with Gasteiger partial charge in [0.25, 0.3) is 11.8 Å². The van der Waals surface area contributed by atoms with Gasteiger partial charge >= 0.3 is 0 Å². The lowest BCUT2D eigenvalue weighted by Crippen LogP contribution is -2.35. The quantitative estimate of drug-likeness (QED) is 0.333. The Morgan fingerprint density at radius 3 is 2.26 bits per heavy atom. The maximum Gasteiger partial charge on any atom is 0.253 e. The number of aliphatic hydroxyl groups is 1. The number of nitrogens with one attached hydrogen (secondary N) is 1. The van der Waals surface area contributed by atoms with Gasteiger partial charge in [0.15, 0.2) is 5.82 Å². The van der Waals surface area contributed by atoms with Crippen LogP contribution >= 0.6 is 0 Å². The van der Waals surface area contributed by atoms with Gasteiger partial charge in [-0.3, -0.25) is 9.59 Å². The first-order valence-electron chi connectivity index (χ1n) is 12.6. The van der Waals surface area contributed by atoms with Crippen molar-refractivity contribution < 1.29 is 14.7 Å². The number of anilines is 2. The van der Waals surface area contributed by atoms with Gasteiger partial charge in [-0.15, -0.1) is 0 Å². The Balaban J connectivity index is 1.60. The second-order valence-electron chi connectivity index (χ2n) is 9.50. The summed E-state index contributed by atoms with van der Waals surface area (Å²) in [5.41, 5.74) is 12.2. The molecule has 4 N–H and O–H groups in total. The van der Waals surface area contributed by atoms with Crippen molar-refractivity contribution in [1.82, 2.24) is 19.5 Å². The molecule has 0 unspecified atom stereocenters. The molecular weight excluding hydrogens is 480 g/mol. The first kappa shape index (κ1) is 25.2. The third-order valence-corrected chi connectivity index (χ3v) is 6.88. The van der Waals surface area contributed by atoms with Crippen LogP contribution in [0.2, 0.25) is 0 Å². The van der Waals surface area contributed by atoms with E-state index in [0.29, 0.717) is 28.0 Å². The highest BCUT2D eigenvalue weighted by atomic mass is 16.3. The van der Waals surface area contributed by atoms with E-state index in [9.17, 15) is 14.7 Å². The van der Waals surface area contributed by atoms with Crippen molar-refractivity contribution in [1.29, 1.82) is 0 Å². The molecule has 0 radical (unpaired) electrons. The molecule has 1 fully saturated rings. The number of benzene rings is 2. The van der Waals surface area contributed by atoms with E-state index in [-0.39, 0.29) is 24.2 Å². The lowest BCUT2D eigenvalue weighted by atomic mass is 9.94. The molecule has 0 spiro atoms. The number of nitrogens with two attached hydrogens (primary N) is 1. The molecule has 2 aromatic carbocycles. The second-order valence-corrected chi connectivity index (χ2v) is 9.50. The maximum atomic E-state index is 13.0. The average Bonchev–Trinajstić information content (AvgIpc) is 3.29. The van der Waals surface area contributed by atoms with Crippen LogP contribution < -0.4 is 11.1 Å². The molecule has 9 nitrogen and oxygen atoms in total. The van der Waals surface area contributed by atoms with Crippen LogP contribution in [-0.4, -0.2) is 49.5 Å². The summed E-state index contributed by atoms with van der Waals surface area (Å²) in [7, 11) is 0. The molecule has 1 saturated heterocycles. The number of fused-ring (bicyclic) bond motifs is 1. The molecule has 9 heteroatoms. The van der Waals surface area contributed by atoms with Gasteiger partial charge in [0, 0.05) is 41.0 Å². The van der Waals surface area contributed by atoms with E-state index in [2.05, 4.69) is 22.0 Å². The van der Waals surface area contributed by atoms with E-state index in [1.165, 1.54) is 6.33 Å². The zero-order valence-corrected chi connectivity index (χ0v) is 21.3. The summed E-state index contributed by atoms with van der Waals surface area (Å²) in [6.07, 6.45) is 4.57. The van der Waals surface area contributed by atoms with Crippen molar-refractivity contribution in [2.45, 2.75) is 32.8 Å². The maximum absolute atomic E-state index is 13.0. The molecule has 38 heavy (non-hydrogen) atoms. The normalized spacial score (nSPS) is 13.5. The Morgan fingerprint density at radius 2 is 1.63 bits per heavy atom. The number of hydrogen-bond acceptors (Lipinski definition) is 6. The molecule has 1 aliphatic rings. The van der Waals surface area contributed by atoms with Gasteiger partial charge in [0.1, 0.15) is 11.8 Å². The number of aromatic nitrogens is 3. The number of likely N-dealkylation sites (tertiary alicyclic amines) is 1. The van der Waals surface area contributed by atoms with E-state index >= 15 is 0 Å². The van der Waals surface area contributed by atoms with Crippen LogP contribution in [0.1, 0.15) is 42.2 Å². The van der Waals surface area contributed by atoms with Crippen molar-refractivity contribution >= 4 is 28.8 Å². The van der Waals surface area contributed by atoms with Crippen LogP contribution in [0, 0.1) is 0 Å². The van der Waals surface area contributed by atoms with E-state index in [1.54, 1.807) is 23.6 Å². The van der Waals surface area contributed by atoms with Crippen LogP contribution in [0.15, 0.2) is 67.0 Å². The minimum absolute atomic E-state index is 0.0319. The highest BCUT2D eigenvalue weighted by Gasteiger charge is 2.24. The number of nitrogens with zero attached hydrogens (tertiary/aromatic N) is 4. The van der Waals surface area contributed by atoms with Crippen molar-refractivity contribution in [3.05, 3.63) is 78.3 Å². The minimum Gasteiger partial charge on any atom is -0.390 e. The SMILES string of the molecule is C=C(C)C(=O)Nc1ccc(-c2c(-c3ccc(C(=O)N4CCCCC4)cc3)c3c(N)ncnn3c2CO)cc1. The highest BCUT2D eigenvalue weighted by molar-refractivity contribution is 6.04. The topological polar surface area (TPSA) is 126 Å². The molecule has 2 aromatic heterocycles. The van der Waals surface area contributed by atoms with Gasteiger partial charge in [0.05, 0.1) is 12.3 Å². The molecule has 3 heterocycles. The zero-order valence-electron chi connectivity index (χ0n) is 21.3. The fourth-order valence-electron chi connectivity index (χ4n) is 4.93. The number of nitrogen functional groups attached to an aromatic ring is 1. The number of piperidine rings is 1. The van der Waals surface area contributed by atoms with Crippen molar-refractivity contribution in [3.8, 4) is 22.3 Å². The van der Waals surface area contributed by atoms with Gasteiger partial charge in [-0.25, -0.2) is 9.50 Å². The molecule has 0 aliphatic carbocycles. The van der Waals surface area contributed by atoms with E-state index in [1.807, 2.05) is 41.3 Å². The van der Waals surface area contributed by atoms with Crippen LogP contribution in [0.3, 0.4) is 0 Å². The lowest BCUT2D eigenvalue weighted by Gasteiger charge is -2.26. The summed E-state index contributed by atoms with van der Waals surface area (Å²) >= 11 is 0. The van der Waals surface area contributed by atoms with Gasteiger partial charge in [0.2, 0.25) is 0 Å². The summed E-state index contributed by atoms with van der Waals surface area (Å²) in [6.45, 7) is 6.60. The lowest BCUT2D eigenvalue weighted by molar-refractivity contribution is -0.112. The summed E-state index contributed by atoms with van der Waals surface area (Å²) < 4.78 is 1.61. The second kappa shape index (κ2) is 10.5. The van der Waals surface area contributed by atoms with Gasteiger partial charge in [-0.2, -0.15) is 5.10 Å². The number of hydrogen-bond donors (Lipinski definition) is 3. The molecule has 4 aromatic rings. The number of rotatable bonds is 6. The summed E-state index contributed by atoms with van der Waals surface area (Å²) in [6, 6.07) is 14.8. The number of amides is 2. The van der Waals surface area contributed by atoms with Gasteiger partial charge < -0.3 is 21.1 Å². The molecule has 0 atom stereocenters. The van der Waals surface area contributed by atoms with Crippen molar-refractivity contribution in [2.75, 3.05) is 24.1 Å². The standard InChI is InChI=1S/C29H30N6O3/c1-18(2)28(37)33-22-12-10-19(11-13-22)24-23(16-36)35-26(27(30)31-17-32-35)25(24)20-6-8-21(9-7-20)29(38)34-14-4-3-5-15-34/h6-13,17,36H,1,3-5,14-16H2,2H3,(H,33,37)(H2,30,31,32). The van der Waals surface area contributed by atoms with Crippen molar-refractivity contribution in [3.63, 3.8) is 0 Å². The Bertz CT molecular complexity index is 1520. The third-order valence-electron chi connectivity index (χ3n) is 6.88. The molecule has 2 amide bonds. The minimum atomic E-state index is -0.285. The first-order chi connectivity index (χ1) is 18.4. The number of aliphatic hydroxyl groups excluding tert-OH is 1. The molecule has 0 bridgehead atoms. The Morgan fingerprint density at radius 1 is 1.00 bits per heavy atom. The van der Waals surface area contributed by atoms with Crippen molar-refractivity contribution in [2.24, 2.45) is 0 Å². The predicted molar refractivity (Wildman–Crippen MR) is 147 cm³/mol. The van der Waals surface area contributed by atoms with Crippen LogP contribution in [-0.2, 0) is 11.4 Å². The zero-order chi connectivity index (χ0) is 26.8. The van der Waals surface area contributed by atoms with Crippen LogP contribution in [0.25, 0.3) is 27.8 Å². The molecule has 0 saturated carbocycles. The fourth-order valence-corrected chi connectivity index (χ4v) is 4.93. The highest BCUT2D eigenvalue weighted by Crippen LogP contribution is 2.42. The Kier molecular flexibility index (Phi) is 6.93. The molecular formula is C29H30N6O3. The molecule has 5 rings (SSSR count). The fraction of sp³-hybridized carbons (Fsp3) is 0.241. The Labute approximate surface area is 220 Å². The first-order valence-corrected chi connectivity index (χ1v) is 12.6. The average molecular weight is 511 g/mol. The number of carbonyl (C=O) groups excluding carboxylic acids is 2. The van der Waals surface area contributed by atoms with E-state index < -0.39 is 0 Å². The van der Waals surface area contributed by atoms with Crippen LogP contribution in [0.4, 0.5) is 11.5 Å². The van der Waals surface area contributed by atoms with Crippen LogP contribution in [0.5, 0.6) is 0 Å². The van der Waals surface area contributed by atoms with Gasteiger partial charge in [-0.05, 0) is 61.6 Å². The Hall–Kier alpha value is -4.50.